The first-order valence-electron chi connectivity index (χ1n) is 6.07. The lowest BCUT2D eigenvalue weighted by Gasteiger charge is -2.10. The summed E-state index contributed by atoms with van der Waals surface area (Å²) < 4.78 is 27.0. The van der Waals surface area contributed by atoms with Crippen LogP contribution in [0.25, 0.3) is 0 Å². The molecule has 0 unspecified atom stereocenters. The van der Waals surface area contributed by atoms with E-state index in [4.69, 9.17) is 0 Å². The van der Waals surface area contributed by atoms with Crippen LogP contribution < -0.4 is 4.72 Å². The van der Waals surface area contributed by atoms with Gasteiger partial charge in [-0.05, 0) is 48.7 Å². The Kier molecular flexibility index (Phi) is 4.06. The van der Waals surface area contributed by atoms with E-state index in [1.165, 1.54) is 18.3 Å². The number of hydrogen-bond donors (Lipinski definition) is 2. The van der Waals surface area contributed by atoms with Crippen molar-refractivity contribution in [3.05, 3.63) is 53.3 Å². The lowest BCUT2D eigenvalue weighted by Crippen LogP contribution is -2.13. The molecule has 0 saturated heterocycles. The van der Waals surface area contributed by atoms with Crippen LogP contribution in [0, 0.1) is 13.8 Å². The molecule has 0 atom stereocenters. The molecule has 0 saturated carbocycles. The van der Waals surface area contributed by atoms with E-state index < -0.39 is 10.0 Å². The summed E-state index contributed by atoms with van der Waals surface area (Å²) in [6.07, 6.45) is 3.10. The first-order chi connectivity index (χ1) is 9.42. The van der Waals surface area contributed by atoms with Crippen molar-refractivity contribution in [3.8, 4) is 0 Å². The molecule has 1 aromatic carbocycles. The third kappa shape index (κ3) is 3.15. The van der Waals surface area contributed by atoms with Gasteiger partial charge in [-0.3, -0.25) is 9.71 Å². The van der Waals surface area contributed by atoms with Crippen LogP contribution in [0.4, 0.5) is 5.69 Å². The largest absolute Gasteiger partial charge is 0.392 e. The molecule has 2 rings (SSSR count). The Morgan fingerprint density at radius 2 is 1.95 bits per heavy atom. The fourth-order valence-corrected chi connectivity index (χ4v) is 2.89. The van der Waals surface area contributed by atoms with Crippen LogP contribution in [0.15, 0.2) is 41.6 Å². The second kappa shape index (κ2) is 5.60. The van der Waals surface area contributed by atoms with Gasteiger partial charge in [0, 0.05) is 6.20 Å². The number of nitrogens with zero attached hydrogens (tertiary/aromatic N) is 1. The summed E-state index contributed by atoms with van der Waals surface area (Å²) in [5.41, 5.74) is 2.72. The van der Waals surface area contributed by atoms with Crippen molar-refractivity contribution in [3.63, 3.8) is 0 Å². The summed E-state index contributed by atoms with van der Waals surface area (Å²) in [6.45, 7) is 3.46. The molecule has 2 N–H and O–H groups in total. The molecule has 0 aliphatic carbocycles. The number of rotatable bonds is 4. The molecule has 0 spiro atoms. The van der Waals surface area contributed by atoms with E-state index in [1.807, 2.05) is 13.8 Å². The number of aliphatic hydroxyl groups excluding tert-OH is 1. The number of hydrogen-bond acceptors (Lipinski definition) is 4. The Balaban J connectivity index is 2.35. The maximum Gasteiger partial charge on any atom is 0.261 e. The minimum absolute atomic E-state index is 0.119. The number of anilines is 1. The maximum atomic E-state index is 12.3. The Labute approximate surface area is 118 Å². The molecule has 1 aromatic heterocycles. The minimum atomic E-state index is -3.68. The van der Waals surface area contributed by atoms with Crippen LogP contribution in [-0.2, 0) is 16.6 Å². The van der Waals surface area contributed by atoms with E-state index in [-0.39, 0.29) is 11.5 Å². The van der Waals surface area contributed by atoms with Crippen LogP contribution in [0.2, 0.25) is 0 Å². The third-order valence-corrected chi connectivity index (χ3v) is 4.31. The van der Waals surface area contributed by atoms with E-state index in [0.29, 0.717) is 11.3 Å². The summed E-state index contributed by atoms with van der Waals surface area (Å²) in [5, 5.41) is 9.21. The predicted molar refractivity (Wildman–Crippen MR) is 76.9 cm³/mol. The zero-order valence-electron chi connectivity index (χ0n) is 11.3. The average Bonchev–Trinajstić information content (AvgIpc) is 2.38. The summed E-state index contributed by atoms with van der Waals surface area (Å²) in [6, 6.07) is 6.36. The standard InChI is InChI=1S/C14H16N2O3S/c1-10-5-13(8-15-7-10)16-20(18,19)14-4-3-11(2)12(6-14)9-17/h3-8,16-17H,9H2,1-2H3. The van der Waals surface area contributed by atoms with Gasteiger partial charge in [0.15, 0.2) is 0 Å². The Hall–Kier alpha value is -1.92. The molecule has 0 aliphatic heterocycles. The fourth-order valence-electron chi connectivity index (χ4n) is 1.81. The molecule has 0 fully saturated rings. The van der Waals surface area contributed by atoms with Crippen LogP contribution >= 0.6 is 0 Å². The normalized spacial score (nSPS) is 11.3. The molecule has 0 radical (unpaired) electrons. The van der Waals surface area contributed by atoms with Crippen molar-refractivity contribution in [2.45, 2.75) is 25.3 Å². The molecule has 0 amide bonds. The molecule has 106 valence electrons. The van der Waals surface area contributed by atoms with E-state index in [9.17, 15) is 13.5 Å². The molecule has 2 aromatic rings. The SMILES string of the molecule is Cc1cncc(NS(=O)(=O)c2ccc(C)c(CO)c2)c1. The highest BCUT2D eigenvalue weighted by atomic mass is 32.2. The van der Waals surface area contributed by atoms with Gasteiger partial charge in [-0.1, -0.05) is 6.07 Å². The van der Waals surface area contributed by atoms with Gasteiger partial charge >= 0.3 is 0 Å². The number of aryl methyl sites for hydroxylation is 2. The lowest BCUT2D eigenvalue weighted by atomic mass is 10.1. The predicted octanol–water partition coefficient (Wildman–Crippen LogP) is 1.99. The van der Waals surface area contributed by atoms with Crippen molar-refractivity contribution in [2.24, 2.45) is 0 Å². The van der Waals surface area contributed by atoms with Crippen molar-refractivity contribution < 1.29 is 13.5 Å². The van der Waals surface area contributed by atoms with E-state index in [0.717, 1.165) is 11.1 Å². The topological polar surface area (TPSA) is 79.3 Å². The monoisotopic (exact) mass is 292 g/mol. The van der Waals surface area contributed by atoms with Crippen LogP contribution in [0.5, 0.6) is 0 Å². The van der Waals surface area contributed by atoms with Crippen LogP contribution in [0.3, 0.4) is 0 Å². The van der Waals surface area contributed by atoms with Gasteiger partial charge in [0.25, 0.3) is 10.0 Å². The van der Waals surface area contributed by atoms with Crippen molar-refractivity contribution in [1.29, 1.82) is 0 Å². The number of sulfonamides is 1. The first-order valence-corrected chi connectivity index (χ1v) is 7.55. The van der Waals surface area contributed by atoms with Gasteiger partial charge in [-0.2, -0.15) is 0 Å². The molecule has 1 heterocycles. The number of pyridine rings is 1. The maximum absolute atomic E-state index is 12.3. The van der Waals surface area contributed by atoms with E-state index in [2.05, 4.69) is 9.71 Å². The first kappa shape index (κ1) is 14.5. The summed E-state index contributed by atoms with van der Waals surface area (Å²) >= 11 is 0. The van der Waals surface area contributed by atoms with Crippen molar-refractivity contribution >= 4 is 15.7 Å². The minimum Gasteiger partial charge on any atom is -0.392 e. The number of aliphatic hydroxyl groups is 1. The highest BCUT2D eigenvalue weighted by Gasteiger charge is 2.15. The Morgan fingerprint density at radius 1 is 1.20 bits per heavy atom. The van der Waals surface area contributed by atoms with Crippen LogP contribution in [-0.4, -0.2) is 18.5 Å². The van der Waals surface area contributed by atoms with Gasteiger partial charge in [-0.25, -0.2) is 8.42 Å². The summed E-state index contributed by atoms with van der Waals surface area (Å²) in [7, 11) is -3.68. The van der Waals surface area contributed by atoms with Crippen molar-refractivity contribution in [2.75, 3.05) is 4.72 Å². The number of nitrogens with one attached hydrogen (secondary N) is 1. The van der Waals surface area contributed by atoms with Gasteiger partial charge in [-0.15, -0.1) is 0 Å². The molecular formula is C14H16N2O3S. The zero-order chi connectivity index (χ0) is 14.8. The quantitative estimate of drug-likeness (QED) is 0.903. The average molecular weight is 292 g/mol. The molecule has 0 aliphatic rings. The molecular weight excluding hydrogens is 276 g/mol. The van der Waals surface area contributed by atoms with Gasteiger partial charge in [0.1, 0.15) is 0 Å². The van der Waals surface area contributed by atoms with Gasteiger partial charge in [0.2, 0.25) is 0 Å². The van der Waals surface area contributed by atoms with E-state index >= 15 is 0 Å². The molecule has 5 nitrogen and oxygen atoms in total. The summed E-state index contributed by atoms with van der Waals surface area (Å²) in [5.74, 6) is 0. The van der Waals surface area contributed by atoms with Gasteiger partial charge in [0.05, 0.1) is 23.4 Å². The number of benzene rings is 1. The lowest BCUT2D eigenvalue weighted by molar-refractivity contribution is 0.281. The second-order valence-corrected chi connectivity index (χ2v) is 6.29. The van der Waals surface area contributed by atoms with Crippen molar-refractivity contribution in [1.82, 2.24) is 4.98 Å². The molecule has 20 heavy (non-hydrogen) atoms. The van der Waals surface area contributed by atoms with Crippen LogP contribution in [0.1, 0.15) is 16.7 Å². The third-order valence-electron chi connectivity index (χ3n) is 2.93. The highest BCUT2D eigenvalue weighted by molar-refractivity contribution is 7.92. The van der Waals surface area contributed by atoms with E-state index in [1.54, 1.807) is 18.3 Å². The number of aromatic nitrogens is 1. The zero-order valence-corrected chi connectivity index (χ0v) is 12.1. The molecule has 6 heteroatoms. The Morgan fingerprint density at radius 3 is 2.60 bits per heavy atom. The Bertz CT molecular complexity index is 727. The second-order valence-electron chi connectivity index (χ2n) is 4.60. The summed E-state index contributed by atoms with van der Waals surface area (Å²) in [4.78, 5) is 4.06. The highest BCUT2D eigenvalue weighted by Crippen LogP contribution is 2.19. The van der Waals surface area contributed by atoms with Gasteiger partial charge < -0.3 is 5.11 Å². The molecule has 0 bridgehead atoms. The fraction of sp³-hybridized carbons (Fsp3) is 0.214. The smallest absolute Gasteiger partial charge is 0.261 e.